The molecule has 0 radical (unpaired) electrons. The molecule has 3 nitrogen and oxygen atoms in total. The zero-order chi connectivity index (χ0) is 16.0. The first-order chi connectivity index (χ1) is 9.92. The fraction of sp³-hybridized carbons (Fsp3) is 1.00. The van der Waals surface area contributed by atoms with E-state index in [-0.39, 0.29) is 0 Å². The van der Waals surface area contributed by atoms with Crippen molar-refractivity contribution in [3.8, 4) is 0 Å². The van der Waals surface area contributed by atoms with E-state index >= 15 is 0 Å². The van der Waals surface area contributed by atoms with Gasteiger partial charge in [0, 0.05) is 37.8 Å². The summed E-state index contributed by atoms with van der Waals surface area (Å²) in [7, 11) is 0. The highest BCUT2D eigenvalue weighted by Crippen LogP contribution is 2.25. The molecule has 0 aromatic heterocycles. The van der Waals surface area contributed by atoms with Crippen molar-refractivity contribution >= 4 is 0 Å². The molecule has 1 saturated heterocycles. The van der Waals surface area contributed by atoms with Gasteiger partial charge in [-0.15, -0.1) is 0 Å². The fourth-order valence-corrected chi connectivity index (χ4v) is 3.39. The van der Waals surface area contributed by atoms with Crippen molar-refractivity contribution in [1.82, 2.24) is 10.2 Å². The largest absolute Gasteiger partial charge is 0.380 e. The molecule has 4 atom stereocenters. The molecule has 0 spiro atoms. The van der Waals surface area contributed by atoms with E-state index in [1.165, 1.54) is 6.42 Å². The molecule has 1 heterocycles. The van der Waals surface area contributed by atoms with Crippen molar-refractivity contribution in [1.29, 1.82) is 0 Å². The van der Waals surface area contributed by atoms with Crippen molar-refractivity contribution < 1.29 is 4.74 Å². The first kappa shape index (κ1) is 18.9. The van der Waals surface area contributed by atoms with Crippen LogP contribution in [0.3, 0.4) is 0 Å². The van der Waals surface area contributed by atoms with Crippen molar-refractivity contribution in [2.24, 2.45) is 17.8 Å². The standard InChI is InChI=1S/C18H38N2O/c1-8-15(7)16-11-20(17(10-19-16)13(3)4)18(14(5)6)12-21-9-2/h13-19H,8-12H2,1-7H3. The Labute approximate surface area is 132 Å². The lowest BCUT2D eigenvalue weighted by molar-refractivity contribution is -0.0175. The Balaban J connectivity index is 2.85. The van der Waals surface area contributed by atoms with E-state index in [1.807, 2.05) is 0 Å². The van der Waals surface area contributed by atoms with Crippen LogP contribution >= 0.6 is 0 Å². The molecule has 126 valence electrons. The summed E-state index contributed by atoms with van der Waals surface area (Å²) in [6, 6.07) is 1.78. The Bertz CT molecular complexity index is 280. The molecule has 1 N–H and O–H groups in total. The molecule has 21 heavy (non-hydrogen) atoms. The number of nitrogens with zero attached hydrogens (tertiary/aromatic N) is 1. The first-order valence-electron chi connectivity index (χ1n) is 8.99. The lowest BCUT2D eigenvalue weighted by Gasteiger charge is -2.48. The van der Waals surface area contributed by atoms with E-state index in [9.17, 15) is 0 Å². The molecule has 0 amide bonds. The summed E-state index contributed by atoms with van der Waals surface area (Å²) in [6.07, 6.45) is 1.25. The highest BCUT2D eigenvalue weighted by atomic mass is 16.5. The van der Waals surface area contributed by atoms with Gasteiger partial charge in [-0.1, -0.05) is 48.0 Å². The third-order valence-corrected chi connectivity index (χ3v) is 5.21. The molecule has 0 bridgehead atoms. The first-order valence-corrected chi connectivity index (χ1v) is 8.99. The van der Waals surface area contributed by atoms with Crippen LogP contribution in [0.5, 0.6) is 0 Å². The van der Waals surface area contributed by atoms with E-state index in [0.29, 0.717) is 30.0 Å². The molecule has 1 fully saturated rings. The second-order valence-corrected chi connectivity index (χ2v) is 7.38. The molecule has 1 aliphatic heterocycles. The third kappa shape index (κ3) is 5.22. The maximum atomic E-state index is 5.80. The average molecular weight is 299 g/mol. The van der Waals surface area contributed by atoms with Crippen LogP contribution < -0.4 is 5.32 Å². The van der Waals surface area contributed by atoms with Crippen LogP contribution in [0.1, 0.15) is 54.9 Å². The Kier molecular flexibility index (Phi) is 8.22. The Hall–Kier alpha value is -0.120. The minimum atomic E-state index is 0.533. The van der Waals surface area contributed by atoms with Crippen LogP contribution in [0.2, 0.25) is 0 Å². The normalized spacial score (nSPS) is 27.3. The van der Waals surface area contributed by atoms with Crippen molar-refractivity contribution in [3.63, 3.8) is 0 Å². The van der Waals surface area contributed by atoms with Gasteiger partial charge < -0.3 is 10.1 Å². The van der Waals surface area contributed by atoms with Gasteiger partial charge >= 0.3 is 0 Å². The summed E-state index contributed by atoms with van der Waals surface area (Å²) in [5.74, 6) is 2.05. The number of rotatable bonds is 8. The maximum absolute atomic E-state index is 5.80. The van der Waals surface area contributed by atoms with E-state index in [2.05, 4.69) is 58.7 Å². The summed E-state index contributed by atoms with van der Waals surface area (Å²) in [5, 5.41) is 3.80. The smallest absolute Gasteiger partial charge is 0.0624 e. The molecule has 1 aliphatic rings. The average Bonchev–Trinajstić information content (AvgIpc) is 2.46. The van der Waals surface area contributed by atoms with Gasteiger partial charge in [-0.05, 0) is 24.7 Å². The van der Waals surface area contributed by atoms with Crippen LogP contribution in [-0.4, -0.2) is 49.3 Å². The lowest BCUT2D eigenvalue weighted by Crippen LogP contribution is -2.64. The summed E-state index contributed by atoms with van der Waals surface area (Å²) in [4.78, 5) is 2.75. The predicted molar refractivity (Wildman–Crippen MR) is 91.7 cm³/mol. The molecule has 3 heteroatoms. The zero-order valence-corrected chi connectivity index (χ0v) is 15.4. The second-order valence-electron chi connectivity index (χ2n) is 7.38. The van der Waals surface area contributed by atoms with Gasteiger partial charge in [-0.3, -0.25) is 4.90 Å². The quantitative estimate of drug-likeness (QED) is 0.743. The second kappa shape index (κ2) is 9.12. The van der Waals surface area contributed by atoms with Gasteiger partial charge in [0.1, 0.15) is 0 Å². The van der Waals surface area contributed by atoms with E-state index in [1.54, 1.807) is 0 Å². The van der Waals surface area contributed by atoms with Gasteiger partial charge in [0.25, 0.3) is 0 Å². The fourth-order valence-electron chi connectivity index (χ4n) is 3.39. The van der Waals surface area contributed by atoms with Crippen molar-refractivity contribution in [2.45, 2.75) is 73.0 Å². The minimum Gasteiger partial charge on any atom is -0.380 e. The van der Waals surface area contributed by atoms with Crippen molar-refractivity contribution in [2.75, 3.05) is 26.3 Å². The van der Waals surface area contributed by atoms with Crippen LogP contribution in [0.15, 0.2) is 0 Å². The number of nitrogens with one attached hydrogen (secondary N) is 1. The predicted octanol–water partition coefficient (Wildman–Crippen LogP) is 3.39. The molecule has 1 rings (SSSR count). The third-order valence-electron chi connectivity index (χ3n) is 5.21. The van der Waals surface area contributed by atoms with E-state index in [4.69, 9.17) is 4.74 Å². The molecule has 4 unspecified atom stereocenters. The summed E-state index contributed by atoms with van der Waals surface area (Å²) in [6.45, 7) is 20.1. The molecule has 0 aliphatic carbocycles. The molecular weight excluding hydrogens is 260 g/mol. The Morgan fingerprint density at radius 3 is 2.29 bits per heavy atom. The monoisotopic (exact) mass is 298 g/mol. The topological polar surface area (TPSA) is 24.5 Å². The van der Waals surface area contributed by atoms with Crippen molar-refractivity contribution in [3.05, 3.63) is 0 Å². The lowest BCUT2D eigenvalue weighted by atomic mass is 9.89. The van der Waals surface area contributed by atoms with Crippen LogP contribution in [0.25, 0.3) is 0 Å². The minimum absolute atomic E-state index is 0.533. The van der Waals surface area contributed by atoms with Gasteiger partial charge in [0.05, 0.1) is 6.61 Å². The Morgan fingerprint density at radius 2 is 1.81 bits per heavy atom. The van der Waals surface area contributed by atoms with E-state index in [0.717, 1.165) is 32.2 Å². The molecule has 0 aromatic rings. The van der Waals surface area contributed by atoms with Gasteiger partial charge in [-0.25, -0.2) is 0 Å². The Morgan fingerprint density at radius 1 is 1.14 bits per heavy atom. The number of ether oxygens (including phenoxy) is 1. The van der Waals surface area contributed by atoms with Gasteiger partial charge in [0.2, 0.25) is 0 Å². The molecule has 0 saturated carbocycles. The SMILES string of the molecule is CCOCC(C(C)C)N1CC(C(C)CC)NCC1C(C)C. The molecular formula is C18H38N2O. The highest BCUT2D eigenvalue weighted by molar-refractivity contribution is 4.93. The maximum Gasteiger partial charge on any atom is 0.0624 e. The summed E-state index contributed by atoms with van der Waals surface area (Å²) >= 11 is 0. The summed E-state index contributed by atoms with van der Waals surface area (Å²) in [5.41, 5.74) is 0. The van der Waals surface area contributed by atoms with Gasteiger partial charge in [0.15, 0.2) is 0 Å². The zero-order valence-electron chi connectivity index (χ0n) is 15.4. The van der Waals surface area contributed by atoms with Gasteiger partial charge in [-0.2, -0.15) is 0 Å². The molecule has 0 aromatic carbocycles. The van der Waals surface area contributed by atoms with Crippen LogP contribution in [-0.2, 0) is 4.74 Å². The van der Waals surface area contributed by atoms with Crippen LogP contribution in [0, 0.1) is 17.8 Å². The van der Waals surface area contributed by atoms with E-state index < -0.39 is 0 Å². The number of hydrogen-bond donors (Lipinski definition) is 1. The summed E-state index contributed by atoms with van der Waals surface area (Å²) < 4.78 is 5.80. The number of piperazine rings is 1. The van der Waals surface area contributed by atoms with Crippen LogP contribution in [0.4, 0.5) is 0 Å². The highest BCUT2D eigenvalue weighted by Gasteiger charge is 2.36. The number of hydrogen-bond acceptors (Lipinski definition) is 3.